The zero-order valence-corrected chi connectivity index (χ0v) is 11.7. The van der Waals surface area contributed by atoms with Crippen molar-refractivity contribution in [1.29, 1.82) is 0 Å². The van der Waals surface area contributed by atoms with Crippen LogP contribution in [0, 0.1) is 0 Å². The number of thiazole rings is 1. The summed E-state index contributed by atoms with van der Waals surface area (Å²) in [6, 6.07) is 2.95. The lowest BCUT2D eigenvalue weighted by atomic mass is 10.4. The summed E-state index contributed by atoms with van der Waals surface area (Å²) in [4.78, 5) is 5.46. The van der Waals surface area contributed by atoms with Crippen LogP contribution < -0.4 is 10.5 Å². The van der Waals surface area contributed by atoms with Crippen molar-refractivity contribution in [2.45, 2.75) is 30.9 Å². The predicted octanol–water partition coefficient (Wildman–Crippen LogP) is 1.48. The van der Waals surface area contributed by atoms with Crippen LogP contribution in [0.25, 0.3) is 0 Å². The fraction of sp³-hybridized carbons (Fsp3) is 0.364. The van der Waals surface area contributed by atoms with E-state index >= 15 is 0 Å². The molecule has 19 heavy (non-hydrogen) atoms. The zero-order chi connectivity index (χ0) is 13.5. The Morgan fingerprint density at radius 1 is 1.42 bits per heavy atom. The molecule has 0 fully saturated rings. The Balaban J connectivity index is 1.84. The van der Waals surface area contributed by atoms with Gasteiger partial charge in [0.2, 0.25) is 5.09 Å². The molecule has 0 amide bonds. The summed E-state index contributed by atoms with van der Waals surface area (Å²) >= 11 is 1.39. The van der Waals surface area contributed by atoms with Gasteiger partial charge in [-0.15, -0.1) is 11.3 Å². The maximum atomic E-state index is 12.1. The number of nitrogens with two attached hydrogens (primary N) is 1. The van der Waals surface area contributed by atoms with E-state index in [1.807, 2.05) is 0 Å². The van der Waals surface area contributed by atoms with Crippen LogP contribution in [-0.2, 0) is 29.4 Å². The Morgan fingerprint density at radius 3 is 2.95 bits per heavy atom. The molecule has 0 aromatic carbocycles. The van der Waals surface area contributed by atoms with Gasteiger partial charge in [0, 0.05) is 4.88 Å². The van der Waals surface area contributed by atoms with Crippen LogP contribution in [0.5, 0.6) is 0 Å². The van der Waals surface area contributed by atoms with Crippen LogP contribution in [0.4, 0.5) is 5.13 Å². The van der Waals surface area contributed by atoms with Crippen LogP contribution >= 0.6 is 11.3 Å². The lowest BCUT2D eigenvalue weighted by Gasteiger charge is -2.01. The van der Waals surface area contributed by atoms with E-state index in [1.54, 1.807) is 6.07 Å². The van der Waals surface area contributed by atoms with E-state index in [0.717, 1.165) is 25.0 Å². The molecule has 3 N–H and O–H groups in total. The average Bonchev–Trinajstić information content (AvgIpc) is 3.01. The van der Waals surface area contributed by atoms with Crippen molar-refractivity contribution in [2.75, 3.05) is 4.72 Å². The van der Waals surface area contributed by atoms with Gasteiger partial charge in [-0.2, -0.15) is 8.42 Å². The van der Waals surface area contributed by atoms with E-state index in [-0.39, 0.29) is 11.6 Å². The van der Waals surface area contributed by atoms with Crippen LogP contribution in [0.1, 0.15) is 22.8 Å². The van der Waals surface area contributed by atoms with Gasteiger partial charge < -0.3 is 10.2 Å². The Bertz CT molecular complexity index is 681. The second-order valence-electron chi connectivity index (χ2n) is 4.27. The number of rotatable bonds is 4. The maximum absolute atomic E-state index is 12.1. The molecule has 0 radical (unpaired) electrons. The molecule has 0 unspecified atom stereocenters. The number of nitrogens with zero attached hydrogens (tertiary/aromatic N) is 1. The smallest absolute Gasteiger partial charge is 0.297 e. The van der Waals surface area contributed by atoms with E-state index < -0.39 is 10.0 Å². The summed E-state index contributed by atoms with van der Waals surface area (Å²) in [6.07, 6.45) is 3.00. The third kappa shape index (κ3) is 2.38. The van der Waals surface area contributed by atoms with Crippen molar-refractivity contribution in [2.24, 2.45) is 5.73 Å². The fourth-order valence-corrected chi connectivity index (χ4v) is 4.25. The lowest BCUT2D eigenvalue weighted by Crippen LogP contribution is -2.12. The second kappa shape index (κ2) is 4.62. The first-order valence-corrected chi connectivity index (χ1v) is 8.18. The zero-order valence-electron chi connectivity index (χ0n) is 10.0. The van der Waals surface area contributed by atoms with E-state index in [1.165, 1.54) is 22.3 Å². The van der Waals surface area contributed by atoms with E-state index in [2.05, 4.69) is 9.71 Å². The molecular formula is C11H13N3O3S2. The molecule has 2 aromatic rings. The van der Waals surface area contributed by atoms with Crippen molar-refractivity contribution >= 4 is 26.5 Å². The molecule has 1 aliphatic carbocycles. The molecule has 1 aliphatic rings. The predicted molar refractivity (Wildman–Crippen MR) is 71.5 cm³/mol. The fourth-order valence-electron chi connectivity index (χ4n) is 2.01. The first-order chi connectivity index (χ1) is 9.08. The SMILES string of the molecule is NCc1ccc(S(=O)(=O)Nc2nc3c(s2)CCC3)o1. The van der Waals surface area contributed by atoms with Crippen LogP contribution in [0.2, 0.25) is 0 Å². The van der Waals surface area contributed by atoms with Crippen molar-refractivity contribution in [1.82, 2.24) is 4.98 Å². The van der Waals surface area contributed by atoms with Crippen LogP contribution in [0.15, 0.2) is 21.6 Å². The largest absolute Gasteiger partial charge is 0.446 e. The van der Waals surface area contributed by atoms with Gasteiger partial charge in [-0.1, -0.05) is 0 Å². The third-order valence-electron chi connectivity index (χ3n) is 2.92. The molecule has 3 rings (SSSR count). The molecule has 0 atom stereocenters. The molecule has 2 aromatic heterocycles. The van der Waals surface area contributed by atoms with Crippen LogP contribution in [0.3, 0.4) is 0 Å². The highest BCUT2D eigenvalue weighted by Crippen LogP contribution is 2.31. The minimum absolute atomic E-state index is 0.136. The number of sulfonamides is 1. The van der Waals surface area contributed by atoms with Crippen molar-refractivity contribution in [3.05, 3.63) is 28.5 Å². The normalized spacial score (nSPS) is 14.6. The van der Waals surface area contributed by atoms with E-state index in [4.69, 9.17) is 10.2 Å². The number of nitrogens with one attached hydrogen (secondary N) is 1. The molecule has 2 heterocycles. The molecule has 102 valence electrons. The molecule has 8 heteroatoms. The number of anilines is 1. The minimum atomic E-state index is -3.71. The number of fused-ring (bicyclic) bond motifs is 1. The monoisotopic (exact) mass is 299 g/mol. The molecule has 0 bridgehead atoms. The first kappa shape index (κ1) is 12.6. The lowest BCUT2D eigenvalue weighted by molar-refractivity contribution is 0.417. The van der Waals surface area contributed by atoms with Gasteiger partial charge in [-0.3, -0.25) is 4.72 Å². The van der Waals surface area contributed by atoms with Gasteiger partial charge in [0.1, 0.15) is 5.76 Å². The second-order valence-corrected chi connectivity index (χ2v) is 6.97. The summed E-state index contributed by atoms with van der Waals surface area (Å²) in [5, 5.41) is 0.263. The molecule has 0 spiro atoms. The highest BCUT2D eigenvalue weighted by molar-refractivity contribution is 7.92. The summed E-state index contributed by atoms with van der Waals surface area (Å²) in [6.45, 7) is 0.168. The van der Waals surface area contributed by atoms with Gasteiger partial charge in [-0.25, -0.2) is 4.98 Å². The Morgan fingerprint density at radius 2 is 2.26 bits per heavy atom. The quantitative estimate of drug-likeness (QED) is 0.891. The van der Waals surface area contributed by atoms with Gasteiger partial charge in [0.15, 0.2) is 5.13 Å². The molecule has 6 nitrogen and oxygen atoms in total. The number of aryl methyl sites for hydroxylation is 2. The van der Waals surface area contributed by atoms with Gasteiger partial charge in [0.25, 0.3) is 10.0 Å². The first-order valence-electron chi connectivity index (χ1n) is 5.88. The minimum Gasteiger partial charge on any atom is -0.446 e. The van der Waals surface area contributed by atoms with Gasteiger partial charge in [-0.05, 0) is 31.4 Å². The number of aromatic nitrogens is 1. The summed E-state index contributed by atoms with van der Waals surface area (Å²) in [7, 11) is -3.71. The standard InChI is InChI=1S/C11H13N3O3S2/c12-6-7-4-5-10(17-7)19(15,16)14-11-13-8-2-1-3-9(8)18-11/h4-5H,1-3,6,12H2,(H,13,14). The highest BCUT2D eigenvalue weighted by Gasteiger charge is 2.23. The Kier molecular flexibility index (Phi) is 3.08. The third-order valence-corrected chi connectivity index (χ3v) is 5.33. The Labute approximate surface area is 114 Å². The molecule has 0 saturated carbocycles. The van der Waals surface area contributed by atoms with Crippen molar-refractivity contribution in [3.63, 3.8) is 0 Å². The summed E-state index contributed by atoms with van der Waals surface area (Å²) in [5.74, 6) is 0.432. The van der Waals surface area contributed by atoms with Crippen LogP contribution in [-0.4, -0.2) is 13.4 Å². The molecular weight excluding hydrogens is 286 g/mol. The van der Waals surface area contributed by atoms with E-state index in [0.29, 0.717) is 10.9 Å². The highest BCUT2D eigenvalue weighted by atomic mass is 32.2. The molecule has 0 saturated heterocycles. The van der Waals surface area contributed by atoms with Gasteiger partial charge >= 0.3 is 0 Å². The van der Waals surface area contributed by atoms with Crippen molar-refractivity contribution < 1.29 is 12.8 Å². The summed E-state index contributed by atoms with van der Waals surface area (Å²) < 4.78 is 31.8. The summed E-state index contributed by atoms with van der Waals surface area (Å²) in [5.41, 5.74) is 6.39. The maximum Gasteiger partial charge on any atom is 0.297 e. The average molecular weight is 299 g/mol. The number of hydrogen-bond donors (Lipinski definition) is 2. The molecule has 0 aliphatic heterocycles. The van der Waals surface area contributed by atoms with E-state index in [9.17, 15) is 8.42 Å². The number of hydrogen-bond acceptors (Lipinski definition) is 6. The van der Waals surface area contributed by atoms with Crippen molar-refractivity contribution in [3.8, 4) is 0 Å². The van der Waals surface area contributed by atoms with Gasteiger partial charge in [0.05, 0.1) is 12.2 Å². The topological polar surface area (TPSA) is 98.2 Å². The number of furan rings is 1. The Hall–Kier alpha value is -1.38.